The summed E-state index contributed by atoms with van der Waals surface area (Å²) in [5, 5.41) is 11.6. The molecule has 0 spiro atoms. The van der Waals surface area contributed by atoms with E-state index in [0.29, 0.717) is 48.2 Å². The van der Waals surface area contributed by atoms with E-state index in [2.05, 4.69) is 25.6 Å². The van der Waals surface area contributed by atoms with Crippen LogP contribution in [0.1, 0.15) is 19.3 Å². The number of fused-ring (bicyclic) bond motifs is 2. The Morgan fingerprint density at radius 2 is 2.07 bits per heavy atom. The highest BCUT2D eigenvalue weighted by atomic mass is 16.6. The molecule has 1 saturated carbocycles. The largest absolute Gasteiger partial charge is 0.486 e. The maximum absolute atomic E-state index is 11.4. The molecule has 1 aliphatic carbocycles. The fraction of sp³-hybridized carbons (Fsp3) is 0.389. The van der Waals surface area contributed by atoms with Gasteiger partial charge in [-0.2, -0.15) is 9.67 Å². The second-order valence-corrected chi connectivity index (χ2v) is 6.99. The van der Waals surface area contributed by atoms with Crippen molar-refractivity contribution in [2.75, 3.05) is 18.5 Å². The van der Waals surface area contributed by atoms with Gasteiger partial charge in [0.15, 0.2) is 22.7 Å². The normalized spacial score (nSPS) is 21.0. The fourth-order valence-corrected chi connectivity index (χ4v) is 3.69. The van der Waals surface area contributed by atoms with E-state index in [1.165, 1.54) is 0 Å². The quantitative estimate of drug-likeness (QED) is 0.686. The number of aromatic nitrogens is 5. The second-order valence-electron chi connectivity index (χ2n) is 6.99. The summed E-state index contributed by atoms with van der Waals surface area (Å²) in [6, 6.07) is 5.70. The van der Waals surface area contributed by atoms with E-state index in [0.717, 1.165) is 18.5 Å². The average Bonchev–Trinajstić information content (AvgIpc) is 3.34. The first kappa shape index (κ1) is 16.7. The topological polar surface area (TPSA) is 130 Å². The van der Waals surface area contributed by atoms with Gasteiger partial charge in [0.05, 0.1) is 11.9 Å². The van der Waals surface area contributed by atoms with Gasteiger partial charge in [-0.25, -0.2) is 4.98 Å². The number of ether oxygens (including phenoxy) is 2. The summed E-state index contributed by atoms with van der Waals surface area (Å²) < 4.78 is 12.9. The lowest BCUT2D eigenvalue weighted by Gasteiger charge is -2.18. The van der Waals surface area contributed by atoms with Gasteiger partial charge in [-0.05, 0) is 31.4 Å². The summed E-state index contributed by atoms with van der Waals surface area (Å²) in [6.07, 6.45) is 3.96. The Kier molecular flexibility index (Phi) is 3.96. The highest BCUT2D eigenvalue weighted by Crippen LogP contribution is 2.32. The fourth-order valence-electron chi connectivity index (χ4n) is 3.69. The lowest BCUT2D eigenvalue weighted by atomic mass is 10.1. The number of carbonyl (C=O) groups excluding carboxylic acids is 1. The van der Waals surface area contributed by atoms with Gasteiger partial charge in [-0.3, -0.25) is 4.79 Å². The predicted octanol–water partition coefficient (Wildman–Crippen LogP) is 1.05. The molecule has 5 rings (SSSR count). The van der Waals surface area contributed by atoms with Crippen LogP contribution in [-0.2, 0) is 4.79 Å². The van der Waals surface area contributed by atoms with E-state index in [1.54, 1.807) is 10.9 Å². The van der Waals surface area contributed by atoms with Crippen molar-refractivity contribution < 1.29 is 14.3 Å². The molecule has 1 fully saturated rings. The zero-order valence-electron chi connectivity index (χ0n) is 15.0. The van der Waals surface area contributed by atoms with Crippen molar-refractivity contribution in [1.82, 2.24) is 25.0 Å². The van der Waals surface area contributed by atoms with Gasteiger partial charge in [0.1, 0.15) is 13.2 Å². The Balaban J connectivity index is 1.43. The Morgan fingerprint density at radius 1 is 1.21 bits per heavy atom. The number of primary amides is 1. The second kappa shape index (κ2) is 6.63. The van der Waals surface area contributed by atoms with Crippen molar-refractivity contribution in [2.45, 2.75) is 25.3 Å². The van der Waals surface area contributed by atoms with Crippen molar-refractivity contribution in [3.8, 4) is 17.2 Å². The molecule has 3 N–H and O–H groups in total. The van der Waals surface area contributed by atoms with Crippen LogP contribution in [0.4, 0.5) is 5.95 Å². The average molecular weight is 381 g/mol. The van der Waals surface area contributed by atoms with Crippen LogP contribution in [0.25, 0.3) is 16.9 Å². The van der Waals surface area contributed by atoms with Gasteiger partial charge in [0.25, 0.3) is 0 Å². The van der Waals surface area contributed by atoms with Gasteiger partial charge in [0.2, 0.25) is 11.9 Å². The summed E-state index contributed by atoms with van der Waals surface area (Å²) >= 11 is 0. The Hall–Kier alpha value is -3.43. The highest BCUT2D eigenvalue weighted by Gasteiger charge is 2.29. The van der Waals surface area contributed by atoms with Crippen molar-refractivity contribution in [2.24, 2.45) is 11.7 Å². The molecule has 10 nitrogen and oxygen atoms in total. The number of nitrogens with one attached hydrogen (secondary N) is 1. The molecule has 0 bridgehead atoms. The van der Waals surface area contributed by atoms with Crippen molar-refractivity contribution in [1.29, 1.82) is 0 Å². The molecule has 1 aromatic carbocycles. The van der Waals surface area contributed by atoms with E-state index in [4.69, 9.17) is 15.2 Å². The summed E-state index contributed by atoms with van der Waals surface area (Å²) in [6.45, 7) is 1.05. The molecule has 10 heteroatoms. The Labute approximate surface area is 160 Å². The third kappa shape index (κ3) is 2.96. The molecule has 28 heavy (non-hydrogen) atoms. The predicted molar refractivity (Wildman–Crippen MR) is 99.4 cm³/mol. The van der Waals surface area contributed by atoms with Crippen molar-refractivity contribution in [3.05, 3.63) is 24.4 Å². The molecular formula is C18H19N7O3. The summed E-state index contributed by atoms with van der Waals surface area (Å²) in [4.78, 5) is 20.3. The third-order valence-electron chi connectivity index (χ3n) is 5.13. The Bertz CT molecular complexity index is 1050. The van der Waals surface area contributed by atoms with Crippen LogP contribution in [0.3, 0.4) is 0 Å². The zero-order chi connectivity index (χ0) is 19.1. The van der Waals surface area contributed by atoms with E-state index in [9.17, 15) is 4.79 Å². The monoisotopic (exact) mass is 381 g/mol. The van der Waals surface area contributed by atoms with Crippen LogP contribution in [0, 0.1) is 5.92 Å². The Morgan fingerprint density at radius 3 is 2.89 bits per heavy atom. The summed E-state index contributed by atoms with van der Waals surface area (Å²) in [7, 11) is 0. The molecule has 1 aliphatic heterocycles. The number of nitrogens with zero attached hydrogens (tertiary/aromatic N) is 5. The lowest BCUT2D eigenvalue weighted by molar-refractivity contribution is -0.121. The lowest BCUT2D eigenvalue weighted by Crippen LogP contribution is -2.23. The highest BCUT2D eigenvalue weighted by molar-refractivity contribution is 5.77. The van der Waals surface area contributed by atoms with Crippen molar-refractivity contribution >= 4 is 23.0 Å². The first-order chi connectivity index (χ1) is 13.7. The van der Waals surface area contributed by atoms with Crippen LogP contribution in [0.2, 0.25) is 0 Å². The molecule has 2 aromatic heterocycles. The van der Waals surface area contributed by atoms with Gasteiger partial charge < -0.3 is 20.5 Å². The van der Waals surface area contributed by atoms with E-state index >= 15 is 0 Å². The SMILES string of the molecule is NC(=O)[C@@H]1CC[C@@H](Nc2ncc3nnn(-c4ccc5c(c4)OCCO5)c3n2)C1. The minimum atomic E-state index is -0.249. The minimum Gasteiger partial charge on any atom is -0.486 e. The van der Waals surface area contributed by atoms with Crippen LogP contribution in [0.15, 0.2) is 24.4 Å². The van der Waals surface area contributed by atoms with E-state index < -0.39 is 0 Å². The minimum absolute atomic E-state index is 0.0915. The number of benzene rings is 1. The molecule has 3 aromatic rings. The van der Waals surface area contributed by atoms with E-state index in [1.807, 2.05) is 18.2 Å². The first-order valence-electron chi connectivity index (χ1n) is 9.22. The summed E-state index contributed by atoms with van der Waals surface area (Å²) in [5.74, 6) is 1.52. The van der Waals surface area contributed by atoms with Crippen LogP contribution in [-0.4, -0.2) is 50.1 Å². The van der Waals surface area contributed by atoms with Gasteiger partial charge in [-0.1, -0.05) is 5.21 Å². The molecular weight excluding hydrogens is 362 g/mol. The molecule has 3 heterocycles. The van der Waals surface area contributed by atoms with Gasteiger partial charge >= 0.3 is 0 Å². The number of hydrogen-bond donors (Lipinski definition) is 2. The maximum Gasteiger partial charge on any atom is 0.225 e. The standard InChI is InChI=1S/C18H19N7O3/c19-16(26)10-1-2-11(7-10)21-18-20-9-13-17(22-18)25(24-23-13)12-3-4-14-15(8-12)28-6-5-27-14/h3-4,8-11H,1-2,5-7H2,(H2,19,26)(H,20,21,22)/t10-,11-/m1/s1. The molecule has 0 unspecified atom stereocenters. The number of carbonyl (C=O) groups is 1. The smallest absolute Gasteiger partial charge is 0.225 e. The van der Waals surface area contributed by atoms with Crippen LogP contribution < -0.4 is 20.5 Å². The van der Waals surface area contributed by atoms with Gasteiger partial charge in [0, 0.05) is 18.0 Å². The molecule has 0 radical (unpaired) electrons. The van der Waals surface area contributed by atoms with E-state index in [-0.39, 0.29) is 17.9 Å². The zero-order valence-corrected chi connectivity index (χ0v) is 15.0. The molecule has 0 saturated heterocycles. The van der Waals surface area contributed by atoms with Crippen LogP contribution >= 0.6 is 0 Å². The molecule has 2 atom stereocenters. The first-order valence-corrected chi connectivity index (χ1v) is 9.22. The number of hydrogen-bond acceptors (Lipinski definition) is 8. The van der Waals surface area contributed by atoms with Gasteiger partial charge in [-0.15, -0.1) is 5.10 Å². The maximum atomic E-state index is 11.4. The van der Waals surface area contributed by atoms with Crippen molar-refractivity contribution in [3.63, 3.8) is 0 Å². The number of anilines is 1. The third-order valence-corrected chi connectivity index (χ3v) is 5.13. The van der Waals surface area contributed by atoms with Crippen LogP contribution in [0.5, 0.6) is 11.5 Å². The number of rotatable bonds is 4. The molecule has 1 amide bonds. The number of nitrogens with two attached hydrogens (primary N) is 1. The summed E-state index contributed by atoms with van der Waals surface area (Å²) in [5.41, 5.74) is 7.35. The molecule has 144 valence electrons. The number of amides is 1. The molecule has 2 aliphatic rings.